The zero-order valence-corrected chi connectivity index (χ0v) is 10.5. The van der Waals surface area contributed by atoms with Crippen LogP contribution >= 0.6 is 0 Å². The predicted molar refractivity (Wildman–Crippen MR) is 73.8 cm³/mol. The second-order valence-corrected chi connectivity index (χ2v) is 4.14. The van der Waals surface area contributed by atoms with Gasteiger partial charge in [0.1, 0.15) is 5.82 Å². The van der Waals surface area contributed by atoms with Gasteiger partial charge in [0.2, 0.25) is 5.82 Å². The first-order valence-corrected chi connectivity index (χ1v) is 5.77. The molecule has 0 spiro atoms. The summed E-state index contributed by atoms with van der Waals surface area (Å²) in [7, 11) is 0. The van der Waals surface area contributed by atoms with Crippen LogP contribution in [0.1, 0.15) is 11.1 Å². The van der Waals surface area contributed by atoms with E-state index in [-0.39, 0.29) is 17.3 Å². The maximum absolute atomic E-state index is 10.9. The van der Waals surface area contributed by atoms with Gasteiger partial charge < -0.3 is 11.1 Å². The first-order valence-electron chi connectivity index (χ1n) is 5.77. The average molecular weight is 258 g/mol. The predicted octanol–water partition coefficient (Wildman–Crippen LogP) is 2.49. The van der Waals surface area contributed by atoms with Crippen molar-refractivity contribution >= 4 is 17.3 Å². The van der Waals surface area contributed by atoms with Crippen molar-refractivity contribution in [2.45, 2.75) is 13.5 Å². The van der Waals surface area contributed by atoms with Crippen molar-refractivity contribution in [1.82, 2.24) is 4.98 Å². The molecule has 0 bridgehead atoms. The Morgan fingerprint density at radius 3 is 2.74 bits per heavy atom. The zero-order valence-electron chi connectivity index (χ0n) is 10.5. The fraction of sp³-hybridized carbons (Fsp3) is 0.154. The topological polar surface area (TPSA) is 94.1 Å². The molecule has 6 nitrogen and oxygen atoms in total. The number of nitrogens with two attached hydrogens (primary N) is 1. The summed E-state index contributed by atoms with van der Waals surface area (Å²) in [5, 5.41) is 13.9. The van der Waals surface area contributed by atoms with Crippen LogP contribution in [0.4, 0.5) is 17.3 Å². The van der Waals surface area contributed by atoms with Gasteiger partial charge in [-0.05, 0) is 24.1 Å². The third kappa shape index (κ3) is 2.98. The Kier molecular flexibility index (Phi) is 3.61. The van der Waals surface area contributed by atoms with Gasteiger partial charge in [0, 0.05) is 12.6 Å². The van der Waals surface area contributed by atoms with Gasteiger partial charge in [-0.1, -0.05) is 24.3 Å². The molecule has 2 aromatic rings. The molecule has 0 aliphatic carbocycles. The quantitative estimate of drug-likeness (QED) is 0.649. The molecule has 0 amide bonds. The van der Waals surface area contributed by atoms with Gasteiger partial charge in [0.05, 0.1) is 4.92 Å². The molecule has 1 aromatic heterocycles. The Hall–Kier alpha value is -2.63. The van der Waals surface area contributed by atoms with Gasteiger partial charge >= 0.3 is 5.69 Å². The van der Waals surface area contributed by atoms with E-state index in [2.05, 4.69) is 10.3 Å². The summed E-state index contributed by atoms with van der Waals surface area (Å²) in [4.78, 5) is 14.4. The molecule has 0 saturated heterocycles. The molecule has 6 heteroatoms. The molecule has 0 aliphatic heterocycles. The van der Waals surface area contributed by atoms with E-state index >= 15 is 0 Å². The van der Waals surface area contributed by atoms with Crippen molar-refractivity contribution in [3.63, 3.8) is 0 Å². The van der Waals surface area contributed by atoms with Crippen LogP contribution in [0, 0.1) is 17.0 Å². The molecule has 0 fully saturated rings. The summed E-state index contributed by atoms with van der Waals surface area (Å²) in [6.45, 7) is 2.45. The minimum absolute atomic E-state index is 0.0808. The second kappa shape index (κ2) is 5.34. The van der Waals surface area contributed by atoms with Gasteiger partial charge in [0.25, 0.3) is 0 Å². The lowest BCUT2D eigenvalue weighted by molar-refractivity contribution is -0.384. The fourth-order valence-corrected chi connectivity index (χ4v) is 1.73. The molecule has 19 heavy (non-hydrogen) atoms. The van der Waals surface area contributed by atoms with Crippen LogP contribution in [0.15, 0.2) is 36.4 Å². The van der Waals surface area contributed by atoms with Gasteiger partial charge in [-0.25, -0.2) is 4.98 Å². The van der Waals surface area contributed by atoms with E-state index in [1.807, 2.05) is 31.2 Å². The van der Waals surface area contributed by atoms with E-state index in [0.29, 0.717) is 6.54 Å². The minimum Gasteiger partial charge on any atom is -0.384 e. The highest BCUT2D eigenvalue weighted by Gasteiger charge is 2.15. The molecule has 1 heterocycles. The van der Waals surface area contributed by atoms with Crippen LogP contribution in [0.5, 0.6) is 0 Å². The maximum atomic E-state index is 10.9. The Bertz CT molecular complexity index is 613. The van der Waals surface area contributed by atoms with Crippen molar-refractivity contribution < 1.29 is 4.92 Å². The van der Waals surface area contributed by atoms with Crippen LogP contribution in [0.25, 0.3) is 0 Å². The molecule has 1 aromatic carbocycles. The average Bonchev–Trinajstić information content (AvgIpc) is 2.37. The van der Waals surface area contributed by atoms with Crippen molar-refractivity contribution in [2.24, 2.45) is 0 Å². The summed E-state index contributed by atoms with van der Waals surface area (Å²) in [5.41, 5.74) is 7.64. The monoisotopic (exact) mass is 258 g/mol. The number of aryl methyl sites for hydroxylation is 1. The van der Waals surface area contributed by atoms with Crippen molar-refractivity contribution in [2.75, 3.05) is 11.1 Å². The number of hydrogen-bond donors (Lipinski definition) is 2. The Morgan fingerprint density at radius 1 is 1.32 bits per heavy atom. The number of hydrogen-bond acceptors (Lipinski definition) is 5. The number of pyridine rings is 1. The summed E-state index contributed by atoms with van der Waals surface area (Å²) in [5.74, 6) is 0.436. The molecule has 0 unspecified atom stereocenters. The second-order valence-electron chi connectivity index (χ2n) is 4.14. The Labute approximate surface area is 110 Å². The number of anilines is 2. The van der Waals surface area contributed by atoms with Crippen molar-refractivity contribution in [3.05, 3.63) is 57.6 Å². The standard InChI is InChI=1S/C13H14N4O2/c1-9-4-2-3-5-10(9)8-15-13-11(17(18)19)6-7-12(14)16-13/h2-7H,8H2,1H3,(H3,14,15,16). The first-order chi connectivity index (χ1) is 9.08. The summed E-state index contributed by atoms with van der Waals surface area (Å²) >= 11 is 0. The largest absolute Gasteiger partial charge is 0.384 e. The van der Waals surface area contributed by atoms with Crippen LogP contribution in [0.2, 0.25) is 0 Å². The lowest BCUT2D eigenvalue weighted by atomic mass is 10.1. The Morgan fingerprint density at radius 2 is 2.05 bits per heavy atom. The summed E-state index contributed by atoms with van der Waals surface area (Å²) < 4.78 is 0. The molecule has 0 aliphatic rings. The van der Waals surface area contributed by atoms with Crippen molar-refractivity contribution in [3.8, 4) is 0 Å². The van der Waals surface area contributed by atoms with E-state index in [9.17, 15) is 10.1 Å². The number of aromatic nitrogens is 1. The van der Waals surface area contributed by atoms with E-state index < -0.39 is 4.92 Å². The summed E-state index contributed by atoms with van der Waals surface area (Å²) in [6, 6.07) is 10.6. The van der Waals surface area contributed by atoms with E-state index in [4.69, 9.17) is 5.73 Å². The van der Waals surface area contributed by atoms with E-state index in [1.165, 1.54) is 12.1 Å². The number of rotatable bonds is 4. The normalized spacial score (nSPS) is 10.2. The molecule has 0 saturated carbocycles. The smallest absolute Gasteiger partial charge is 0.311 e. The molecule has 98 valence electrons. The highest BCUT2D eigenvalue weighted by Crippen LogP contribution is 2.23. The molecule has 3 N–H and O–H groups in total. The number of nitro groups is 1. The fourth-order valence-electron chi connectivity index (χ4n) is 1.73. The highest BCUT2D eigenvalue weighted by atomic mass is 16.6. The van der Waals surface area contributed by atoms with Crippen LogP contribution < -0.4 is 11.1 Å². The lowest BCUT2D eigenvalue weighted by Gasteiger charge is -2.08. The van der Waals surface area contributed by atoms with Crippen molar-refractivity contribution in [1.29, 1.82) is 0 Å². The number of nitrogens with zero attached hydrogens (tertiary/aromatic N) is 2. The third-order valence-corrected chi connectivity index (χ3v) is 2.80. The molecular formula is C13H14N4O2. The number of nitrogens with one attached hydrogen (secondary N) is 1. The highest BCUT2D eigenvalue weighted by molar-refractivity contribution is 5.59. The summed E-state index contributed by atoms with van der Waals surface area (Å²) in [6.07, 6.45) is 0. The molecule has 2 rings (SSSR count). The van der Waals surface area contributed by atoms with Crippen LogP contribution in [-0.4, -0.2) is 9.91 Å². The van der Waals surface area contributed by atoms with Gasteiger partial charge in [-0.3, -0.25) is 10.1 Å². The minimum atomic E-state index is -0.480. The first kappa shape index (κ1) is 12.8. The van der Waals surface area contributed by atoms with Gasteiger partial charge in [0.15, 0.2) is 0 Å². The van der Waals surface area contributed by atoms with E-state index in [0.717, 1.165) is 11.1 Å². The van der Waals surface area contributed by atoms with E-state index in [1.54, 1.807) is 0 Å². The zero-order chi connectivity index (χ0) is 13.8. The van der Waals surface area contributed by atoms with Gasteiger partial charge in [-0.15, -0.1) is 0 Å². The van der Waals surface area contributed by atoms with Gasteiger partial charge in [-0.2, -0.15) is 0 Å². The lowest BCUT2D eigenvalue weighted by Crippen LogP contribution is -2.07. The van der Waals surface area contributed by atoms with Crippen LogP contribution in [-0.2, 0) is 6.54 Å². The molecule has 0 radical (unpaired) electrons. The molecule has 0 atom stereocenters. The third-order valence-electron chi connectivity index (χ3n) is 2.80. The SMILES string of the molecule is Cc1ccccc1CNc1nc(N)ccc1[N+](=O)[O-]. The maximum Gasteiger partial charge on any atom is 0.311 e. The number of nitrogen functional groups attached to an aromatic ring is 1. The van der Waals surface area contributed by atoms with Crippen LogP contribution in [0.3, 0.4) is 0 Å². The number of benzene rings is 1. The molecular weight excluding hydrogens is 244 g/mol. The Balaban J connectivity index is 2.22.